The minimum absolute atomic E-state index is 0.280. The number of nitrogens with zero attached hydrogens (tertiary/aromatic N) is 6. The number of nitriles is 1. The van der Waals surface area contributed by atoms with Crippen LogP contribution in [0.1, 0.15) is 43.4 Å². The standard InChI is InChI=1S/C25H31ClN6O/c1-17(8-12-33-4)32-11-10-31(16-18(32)2)25-20(15-27)13-22(24(29-25)19-5-6-19)30(3)21-7-9-28-23(26)14-21/h7,9,13-14,18-19H,1,5-6,8,10-12,16H2,2-4H3/t18-/m1/s1. The predicted molar refractivity (Wildman–Crippen MR) is 132 cm³/mol. The lowest BCUT2D eigenvalue weighted by Crippen LogP contribution is -2.51. The van der Waals surface area contributed by atoms with Gasteiger partial charge in [0, 0.05) is 69.8 Å². The van der Waals surface area contributed by atoms with Crippen molar-refractivity contribution < 1.29 is 4.74 Å². The zero-order chi connectivity index (χ0) is 23.5. The number of hydrogen-bond donors (Lipinski definition) is 0. The molecule has 0 aromatic carbocycles. The maximum Gasteiger partial charge on any atom is 0.147 e. The fourth-order valence-electron chi connectivity index (χ4n) is 4.48. The highest BCUT2D eigenvalue weighted by Gasteiger charge is 2.33. The van der Waals surface area contributed by atoms with E-state index in [0.29, 0.717) is 23.2 Å². The lowest BCUT2D eigenvalue weighted by Gasteiger charge is -2.43. The smallest absolute Gasteiger partial charge is 0.147 e. The number of pyridine rings is 2. The van der Waals surface area contributed by atoms with Crippen molar-refractivity contribution >= 4 is 28.8 Å². The van der Waals surface area contributed by atoms with Crippen LogP contribution >= 0.6 is 11.6 Å². The quantitative estimate of drug-likeness (QED) is 0.522. The second kappa shape index (κ2) is 9.98. The third-order valence-electron chi connectivity index (χ3n) is 6.48. The van der Waals surface area contributed by atoms with Gasteiger partial charge >= 0.3 is 0 Å². The van der Waals surface area contributed by atoms with Crippen LogP contribution in [0.2, 0.25) is 5.15 Å². The third kappa shape index (κ3) is 5.07. The van der Waals surface area contributed by atoms with Crippen molar-refractivity contribution in [3.63, 3.8) is 0 Å². The Balaban J connectivity index is 1.62. The third-order valence-corrected chi connectivity index (χ3v) is 6.69. The number of methoxy groups -OCH3 is 1. The van der Waals surface area contributed by atoms with Gasteiger partial charge in [-0.25, -0.2) is 9.97 Å². The second-order valence-corrected chi connectivity index (χ2v) is 9.23. The van der Waals surface area contributed by atoms with E-state index in [1.807, 2.05) is 25.2 Å². The average Bonchev–Trinajstić information content (AvgIpc) is 3.66. The molecule has 0 N–H and O–H groups in total. The van der Waals surface area contributed by atoms with Crippen LogP contribution in [-0.4, -0.2) is 61.3 Å². The molecule has 1 atom stereocenters. The maximum absolute atomic E-state index is 10.0. The molecule has 0 radical (unpaired) electrons. The molecule has 1 saturated carbocycles. The van der Waals surface area contributed by atoms with Crippen molar-refractivity contribution in [2.45, 2.75) is 38.1 Å². The zero-order valence-corrected chi connectivity index (χ0v) is 20.3. The molecule has 33 heavy (non-hydrogen) atoms. The highest BCUT2D eigenvalue weighted by Crippen LogP contribution is 2.46. The van der Waals surface area contributed by atoms with Crippen LogP contribution in [0.3, 0.4) is 0 Å². The van der Waals surface area contributed by atoms with Crippen LogP contribution in [-0.2, 0) is 4.74 Å². The summed E-state index contributed by atoms with van der Waals surface area (Å²) in [5.41, 5.74) is 4.63. The molecule has 8 heteroatoms. The summed E-state index contributed by atoms with van der Waals surface area (Å²) < 4.78 is 5.21. The SMILES string of the molecule is C=C(CCOC)N1CCN(c2nc(C3CC3)c(N(C)c3ccnc(Cl)c3)cc2C#N)C[C@H]1C. The molecule has 1 saturated heterocycles. The lowest BCUT2D eigenvalue weighted by atomic mass is 10.1. The van der Waals surface area contributed by atoms with Gasteiger partial charge in [0.25, 0.3) is 0 Å². The molecular weight excluding hydrogens is 436 g/mol. The molecule has 0 bridgehead atoms. The summed E-state index contributed by atoms with van der Waals surface area (Å²) in [5.74, 6) is 1.22. The molecule has 2 aromatic heterocycles. The topological polar surface area (TPSA) is 68.5 Å². The first-order valence-corrected chi connectivity index (χ1v) is 11.8. The first kappa shape index (κ1) is 23.3. The van der Waals surface area contributed by atoms with Gasteiger partial charge in [-0.2, -0.15) is 5.26 Å². The molecule has 2 aliphatic rings. The van der Waals surface area contributed by atoms with Crippen molar-refractivity contribution in [3.8, 4) is 6.07 Å². The molecule has 0 amide bonds. The monoisotopic (exact) mass is 466 g/mol. The Morgan fingerprint density at radius 2 is 2.15 bits per heavy atom. The molecule has 4 rings (SSSR count). The number of anilines is 3. The Bertz CT molecular complexity index is 1060. The Morgan fingerprint density at radius 3 is 2.79 bits per heavy atom. The van der Waals surface area contributed by atoms with Gasteiger partial charge in [0.1, 0.15) is 17.0 Å². The van der Waals surface area contributed by atoms with E-state index in [0.717, 1.165) is 67.5 Å². The molecule has 1 aliphatic carbocycles. The van der Waals surface area contributed by atoms with Crippen molar-refractivity contribution in [1.82, 2.24) is 14.9 Å². The van der Waals surface area contributed by atoms with Crippen LogP contribution in [0.5, 0.6) is 0 Å². The Hall–Kier alpha value is -2.82. The van der Waals surface area contributed by atoms with E-state index < -0.39 is 0 Å². The van der Waals surface area contributed by atoms with Crippen LogP contribution in [0.4, 0.5) is 17.2 Å². The van der Waals surface area contributed by atoms with Gasteiger partial charge in [-0.15, -0.1) is 0 Å². The predicted octanol–water partition coefficient (Wildman–Crippen LogP) is 4.71. The number of halogens is 1. The normalized spacial score (nSPS) is 18.2. The number of aromatic nitrogens is 2. The summed E-state index contributed by atoms with van der Waals surface area (Å²) in [6.45, 7) is 9.58. The van der Waals surface area contributed by atoms with Gasteiger partial charge in [-0.3, -0.25) is 0 Å². The van der Waals surface area contributed by atoms with Crippen LogP contribution in [0, 0.1) is 11.3 Å². The molecule has 0 unspecified atom stereocenters. The fraction of sp³-hybridized carbons (Fsp3) is 0.480. The van der Waals surface area contributed by atoms with Crippen molar-refractivity contribution in [3.05, 3.63) is 53.1 Å². The minimum Gasteiger partial charge on any atom is -0.384 e. The van der Waals surface area contributed by atoms with Gasteiger partial charge in [0.15, 0.2) is 0 Å². The molecule has 2 fully saturated rings. The fourth-order valence-corrected chi connectivity index (χ4v) is 4.65. The molecule has 7 nitrogen and oxygen atoms in total. The second-order valence-electron chi connectivity index (χ2n) is 8.84. The highest BCUT2D eigenvalue weighted by atomic mass is 35.5. The van der Waals surface area contributed by atoms with Gasteiger partial charge in [-0.05, 0) is 38.0 Å². The number of ether oxygens (including phenoxy) is 1. The van der Waals surface area contributed by atoms with Crippen LogP contribution in [0.15, 0.2) is 36.7 Å². The molecule has 2 aromatic rings. The van der Waals surface area contributed by atoms with Gasteiger partial charge in [0.05, 0.1) is 23.6 Å². The van der Waals surface area contributed by atoms with Crippen molar-refractivity contribution in [2.24, 2.45) is 0 Å². The summed E-state index contributed by atoms with van der Waals surface area (Å²) in [6.07, 6.45) is 4.77. The number of piperazine rings is 1. The summed E-state index contributed by atoms with van der Waals surface area (Å²) in [6, 6.07) is 8.41. The van der Waals surface area contributed by atoms with Gasteiger partial charge < -0.3 is 19.4 Å². The van der Waals surface area contributed by atoms with E-state index in [9.17, 15) is 5.26 Å². The van der Waals surface area contributed by atoms with Gasteiger partial charge in [0.2, 0.25) is 0 Å². The summed E-state index contributed by atoms with van der Waals surface area (Å²) >= 11 is 6.12. The summed E-state index contributed by atoms with van der Waals surface area (Å²) in [5, 5.41) is 10.5. The zero-order valence-electron chi connectivity index (χ0n) is 19.6. The first-order valence-electron chi connectivity index (χ1n) is 11.4. The molecule has 174 valence electrons. The van der Waals surface area contributed by atoms with E-state index in [1.54, 1.807) is 13.3 Å². The van der Waals surface area contributed by atoms with Crippen molar-refractivity contribution in [1.29, 1.82) is 5.26 Å². The molecular formula is C25H31ClN6O. The van der Waals surface area contributed by atoms with E-state index in [1.165, 1.54) is 0 Å². The van der Waals surface area contributed by atoms with Crippen molar-refractivity contribution in [2.75, 3.05) is 50.2 Å². The Labute approximate surface area is 201 Å². The van der Waals surface area contributed by atoms with Crippen LogP contribution in [0.25, 0.3) is 0 Å². The van der Waals surface area contributed by atoms with E-state index >= 15 is 0 Å². The first-order chi connectivity index (χ1) is 15.9. The summed E-state index contributed by atoms with van der Waals surface area (Å²) in [7, 11) is 3.70. The van der Waals surface area contributed by atoms with E-state index in [2.05, 4.69) is 39.3 Å². The lowest BCUT2D eigenvalue weighted by molar-refractivity contribution is 0.177. The molecule has 3 heterocycles. The largest absolute Gasteiger partial charge is 0.384 e. The Morgan fingerprint density at radius 1 is 1.36 bits per heavy atom. The maximum atomic E-state index is 10.0. The number of hydrogen-bond acceptors (Lipinski definition) is 7. The summed E-state index contributed by atoms with van der Waals surface area (Å²) in [4.78, 5) is 15.8. The van der Waals surface area contributed by atoms with E-state index in [-0.39, 0.29) is 6.04 Å². The van der Waals surface area contributed by atoms with Crippen LogP contribution < -0.4 is 9.80 Å². The number of rotatable bonds is 8. The minimum atomic E-state index is 0.280. The van der Waals surface area contributed by atoms with E-state index in [4.69, 9.17) is 21.3 Å². The molecule has 0 spiro atoms. The highest BCUT2D eigenvalue weighted by molar-refractivity contribution is 6.29. The average molecular weight is 467 g/mol. The Kier molecular flexibility index (Phi) is 7.06. The molecule has 1 aliphatic heterocycles. The van der Waals surface area contributed by atoms with Gasteiger partial charge in [-0.1, -0.05) is 18.2 Å².